The van der Waals surface area contributed by atoms with Crippen LogP contribution in [0.2, 0.25) is 5.02 Å². The van der Waals surface area contributed by atoms with Crippen LogP contribution in [0.15, 0.2) is 42.5 Å². The highest BCUT2D eigenvalue weighted by Crippen LogP contribution is 2.30. The van der Waals surface area contributed by atoms with E-state index >= 15 is 0 Å². The molecule has 1 fully saturated rings. The summed E-state index contributed by atoms with van der Waals surface area (Å²) in [6, 6.07) is 12.1. The molecule has 130 valence electrons. The van der Waals surface area contributed by atoms with Gasteiger partial charge in [0.2, 0.25) is 0 Å². The first kappa shape index (κ1) is 17.2. The third kappa shape index (κ3) is 4.28. The van der Waals surface area contributed by atoms with E-state index in [9.17, 15) is 14.9 Å². The monoisotopic (exact) mass is 359 g/mol. The molecular weight excluding hydrogens is 342 g/mol. The average molecular weight is 360 g/mol. The summed E-state index contributed by atoms with van der Waals surface area (Å²) in [4.78, 5) is 24.9. The van der Waals surface area contributed by atoms with Crippen molar-refractivity contribution in [1.82, 2.24) is 5.32 Å². The topological polar surface area (TPSA) is 75.5 Å². The molecule has 0 aromatic heterocycles. The number of rotatable bonds is 6. The molecule has 0 atom stereocenters. The van der Waals surface area contributed by atoms with Gasteiger partial charge in [0.1, 0.15) is 5.69 Å². The minimum Gasteiger partial charge on any atom is -0.365 e. The number of amides is 1. The molecule has 0 unspecified atom stereocenters. The number of carbonyl (C=O) groups is 1. The zero-order valence-electron chi connectivity index (χ0n) is 13.7. The smallest absolute Gasteiger partial charge is 0.293 e. The Bertz CT molecular complexity index is 821. The van der Waals surface area contributed by atoms with Gasteiger partial charge in [0.25, 0.3) is 11.6 Å². The highest BCUT2D eigenvalue weighted by molar-refractivity contribution is 6.30. The summed E-state index contributed by atoms with van der Waals surface area (Å²) >= 11 is 5.99. The van der Waals surface area contributed by atoms with Crippen LogP contribution >= 0.6 is 11.6 Å². The molecule has 1 aliphatic rings. The molecule has 0 radical (unpaired) electrons. The largest absolute Gasteiger partial charge is 0.365 e. The van der Waals surface area contributed by atoms with Crippen molar-refractivity contribution >= 4 is 28.9 Å². The average Bonchev–Trinajstić information content (AvgIpc) is 3.38. The SMILES string of the molecule is CN(Cc1cccc(Cl)c1)c1ccc(C(=O)NC2CC2)cc1[N+](=O)[O-]. The maximum absolute atomic E-state index is 12.1. The van der Waals surface area contributed by atoms with Crippen molar-refractivity contribution < 1.29 is 9.72 Å². The van der Waals surface area contributed by atoms with Crippen LogP contribution in [0.4, 0.5) is 11.4 Å². The molecule has 0 bridgehead atoms. The Balaban J connectivity index is 1.84. The van der Waals surface area contributed by atoms with Gasteiger partial charge in [-0.1, -0.05) is 23.7 Å². The van der Waals surface area contributed by atoms with E-state index in [1.54, 1.807) is 30.1 Å². The summed E-state index contributed by atoms with van der Waals surface area (Å²) in [5.74, 6) is -0.269. The summed E-state index contributed by atoms with van der Waals surface area (Å²) in [5.41, 5.74) is 1.61. The molecule has 2 aromatic carbocycles. The van der Waals surface area contributed by atoms with Crippen molar-refractivity contribution in [2.45, 2.75) is 25.4 Å². The summed E-state index contributed by atoms with van der Waals surface area (Å²) < 4.78 is 0. The maximum Gasteiger partial charge on any atom is 0.293 e. The fourth-order valence-electron chi connectivity index (χ4n) is 2.62. The Kier molecular flexibility index (Phi) is 4.90. The predicted octanol–water partition coefficient (Wildman–Crippen LogP) is 3.78. The van der Waals surface area contributed by atoms with Crippen LogP contribution in [0.3, 0.4) is 0 Å². The van der Waals surface area contributed by atoms with Crippen LogP contribution < -0.4 is 10.2 Å². The number of hydrogen-bond donors (Lipinski definition) is 1. The molecule has 7 heteroatoms. The molecule has 1 N–H and O–H groups in total. The van der Waals surface area contributed by atoms with E-state index in [0.717, 1.165) is 18.4 Å². The first-order valence-electron chi connectivity index (χ1n) is 7.99. The van der Waals surface area contributed by atoms with E-state index in [2.05, 4.69) is 5.32 Å². The summed E-state index contributed by atoms with van der Waals surface area (Å²) in [5, 5.41) is 14.9. The van der Waals surface area contributed by atoms with Gasteiger partial charge in [0.15, 0.2) is 0 Å². The Morgan fingerprint density at radius 3 is 2.72 bits per heavy atom. The number of hydrogen-bond acceptors (Lipinski definition) is 4. The number of nitrogens with one attached hydrogen (secondary N) is 1. The second-order valence-electron chi connectivity index (χ2n) is 6.19. The minimum absolute atomic E-state index is 0.0898. The lowest BCUT2D eigenvalue weighted by atomic mass is 10.1. The fourth-order valence-corrected chi connectivity index (χ4v) is 2.84. The van der Waals surface area contributed by atoms with Gasteiger partial charge >= 0.3 is 0 Å². The molecule has 0 spiro atoms. The summed E-state index contributed by atoms with van der Waals surface area (Å²) in [7, 11) is 1.77. The van der Waals surface area contributed by atoms with Gasteiger partial charge in [-0.05, 0) is 42.7 Å². The van der Waals surface area contributed by atoms with Crippen molar-refractivity contribution in [3.8, 4) is 0 Å². The lowest BCUT2D eigenvalue weighted by Crippen LogP contribution is -2.25. The number of halogens is 1. The molecular formula is C18H18ClN3O3. The first-order chi connectivity index (χ1) is 11.9. The van der Waals surface area contributed by atoms with Gasteiger partial charge in [0, 0.05) is 36.3 Å². The van der Waals surface area contributed by atoms with Gasteiger partial charge in [-0.25, -0.2) is 0 Å². The second kappa shape index (κ2) is 7.11. The molecule has 6 nitrogen and oxygen atoms in total. The molecule has 1 amide bonds. The number of carbonyl (C=O) groups excluding carboxylic acids is 1. The standard InChI is InChI=1S/C18H18ClN3O3/c1-21(11-12-3-2-4-14(19)9-12)16-8-5-13(10-17(16)22(24)25)18(23)20-15-6-7-15/h2-5,8-10,15H,6-7,11H2,1H3,(H,20,23). The van der Waals surface area contributed by atoms with Crippen molar-refractivity contribution in [3.05, 3.63) is 68.7 Å². The number of nitrogens with zero attached hydrogens (tertiary/aromatic N) is 2. The zero-order chi connectivity index (χ0) is 18.0. The molecule has 0 saturated heterocycles. The van der Waals surface area contributed by atoms with Crippen molar-refractivity contribution in [1.29, 1.82) is 0 Å². The molecule has 1 aliphatic carbocycles. The summed E-state index contributed by atoms with van der Waals surface area (Å²) in [6.07, 6.45) is 1.93. The van der Waals surface area contributed by atoms with E-state index in [4.69, 9.17) is 11.6 Å². The Morgan fingerprint density at radius 1 is 1.32 bits per heavy atom. The normalized spacial score (nSPS) is 13.4. The van der Waals surface area contributed by atoms with Gasteiger partial charge in [-0.3, -0.25) is 14.9 Å². The molecule has 25 heavy (non-hydrogen) atoms. The minimum atomic E-state index is -0.461. The Morgan fingerprint density at radius 2 is 2.08 bits per heavy atom. The zero-order valence-corrected chi connectivity index (χ0v) is 14.5. The molecule has 1 saturated carbocycles. The van der Waals surface area contributed by atoms with E-state index in [1.165, 1.54) is 6.07 Å². The Hall–Kier alpha value is -2.60. The first-order valence-corrected chi connectivity index (χ1v) is 8.37. The van der Waals surface area contributed by atoms with Gasteiger partial charge in [-0.15, -0.1) is 0 Å². The van der Waals surface area contributed by atoms with Gasteiger partial charge in [-0.2, -0.15) is 0 Å². The third-order valence-electron chi connectivity index (χ3n) is 4.07. The van der Waals surface area contributed by atoms with Crippen LogP contribution in [0.25, 0.3) is 0 Å². The lowest BCUT2D eigenvalue weighted by Gasteiger charge is -2.20. The number of nitro benzene ring substituents is 1. The van der Waals surface area contributed by atoms with Gasteiger partial charge in [0.05, 0.1) is 4.92 Å². The van der Waals surface area contributed by atoms with E-state index in [1.807, 2.05) is 18.2 Å². The van der Waals surface area contributed by atoms with Crippen LogP contribution in [-0.4, -0.2) is 23.9 Å². The van der Waals surface area contributed by atoms with Crippen LogP contribution in [-0.2, 0) is 6.54 Å². The Labute approximate surface area is 150 Å². The van der Waals surface area contributed by atoms with E-state index < -0.39 is 4.92 Å². The number of benzene rings is 2. The third-order valence-corrected chi connectivity index (χ3v) is 4.30. The van der Waals surface area contributed by atoms with Gasteiger partial charge < -0.3 is 10.2 Å². The molecule has 0 aliphatic heterocycles. The van der Waals surface area contributed by atoms with Crippen molar-refractivity contribution in [3.63, 3.8) is 0 Å². The van der Waals surface area contributed by atoms with Crippen molar-refractivity contribution in [2.24, 2.45) is 0 Å². The molecule has 3 rings (SSSR count). The predicted molar refractivity (Wildman–Crippen MR) is 97.1 cm³/mol. The highest BCUT2D eigenvalue weighted by atomic mass is 35.5. The van der Waals surface area contributed by atoms with E-state index in [-0.39, 0.29) is 17.6 Å². The second-order valence-corrected chi connectivity index (χ2v) is 6.63. The summed E-state index contributed by atoms with van der Waals surface area (Å²) in [6.45, 7) is 0.467. The van der Waals surface area contributed by atoms with E-state index in [0.29, 0.717) is 22.8 Å². The van der Waals surface area contributed by atoms with Crippen LogP contribution in [0.1, 0.15) is 28.8 Å². The molecule has 2 aromatic rings. The number of nitro groups is 1. The molecule has 0 heterocycles. The maximum atomic E-state index is 12.1. The quantitative estimate of drug-likeness (QED) is 0.629. The van der Waals surface area contributed by atoms with Crippen molar-refractivity contribution in [2.75, 3.05) is 11.9 Å². The van der Waals surface area contributed by atoms with Crippen LogP contribution in [0.5, 0.6) is 0 Å². The highest BCUT2D eigenvalue weighted by Gasteiger charge is 2.26. The fraction of sp³-hybridized carbons (Fsp3) is 0.278. The number of anilines is 1. The lowest BCUT2D eigenvalue weighted by molar-refractivity contribution is -0.384. The van der Waals surface area contributed by atoms with Crippen LogP contribution in [0, 0.1) is 10.1 Å².